The van der Waals surface area contributed by atoms with Crippen molar-refractivity contribution in [3.05, 3.63) is 44.1 Å². The van der Waals surface area contributed by atoms with Gasteiger partial charge in [-0.05, 0) is 36.5 Å². The molecular formula is C13H13ClN2O2S. The molecule has 0 spiro atoms. The lowest BCUT2D eigenvalue weighted by atomic mass is 10.1. The van der Waals surface area contributed by atoms with Crippen LogP contribution < -0.4 is 11.2 Å². The summed E-state index contributed by atoms with van der Waals surface area (Å²) in [4.78, 5) is 27.4. The molecule has 1 aromatic carbocycles. The molecule has 0 saturated carbocycles. The molecule has 0 amide bonds. The number of H-pyrrole nitrogens is 1. The molecule has 1 aliphatic heterocycles. The van der Waals surface area contributed by atoms with Gasteiger partial charge in [-0.2, -0.15) is 11.8 Å². The Morgan fingerprint density at radius 2 is 2.00 bits per heavy atom. The largest absolute Gasteiger partial charge is 0.329 e. The molecule has 0 aliphatic carbocycles. The van der Waals surface area contributed by atoms with Gasteiger partial charge in [-0.1, -0.05) is 17.7 Å². The van der Waals surface area contributed by atoms with Crippen molar-refractivity contribution in [2.75, 3.05) is 11.5 Å². The van der Waals surface area contributed by atoms with E-state index in [1.807, 2.05) is 11.8 Å². The molecule has 1 aliphatic rings. The molecule has 1 N–H and O–H groups in total. The zero-order chi connectivity index (χ0) is 13.4. The first-order valence-electron chi connectivity index (χ1n) is 6.19. The third-order valence-electron chi connectivity index (χ3n) is 3.46. The first-order valence-corrected chi connectivity index (χ1v) is 7.72. The Hall–Kier alpha value is -1.20. The maximum atomic E-state index is 12.5. The summed E-state index contributed by atoms with van der Waals surface area (Å²) in [7, 11) is 0. The second-order valence-corrected chi connectivity index (χ2v) is 6.24. The molecule has 2 aromatic rings. The van der Waals surface area contributed by atoms with Crippen LogP contribution >= 0.6 is 23.4 Å². The number of aromatic nitrogens is 2. The van der Waals surface area contributed by atoms with Gasteiger partial charge in [-0.3, -0.25) is 9.36 Å². The highest BCUT2D eigenvalue weighted by molar-refractivity contribution is 7.99. The van der Waals surface area contributed by atoms with Crippen LogP contribution in [-0.4, -0.2) is 21.1 Å². The summed E-state index contributed by atoms with van der Waals surface area (Å²) in [6.07, 6.45) is 1.70. The van der Waals surface area contributed by atoms with E-state index in [4.69, 9.17) is 11.6 Å². The Morgan fingerprint density at radius 3 is 2.74 bits per heavy atom. The zero-order valence-electron chi connectivity index (χ0n) is 10.2. The van der Waals surface area contributed by atoms with Crippen LogP contribution in [0, 0.1) is 0 Å². The SMILES string of the molecule is O=c1[nH]c2cccc(Cl)c2c(=O)n1C1CCSCC1. The first kappa shape index (κ1) is 12.8. The van der Waals surface area contributed by atoms with Gasteiger partial charge in [0.15, 0.2) is 0 Å². The minimum absolute atomic E-state index is 0.0156. The summed E-state index contributed by atoms with van der Waals surface area (Å²) < 4.78 is 1.34. The van der Waals surface area contributed by atoms with Gasteiger partial charge >= 0.3 is 5.69 Å². The monoisotopic (exact) mass is 296 g/mol. The van der Waals surface area contributed by atoms with Crippen LogP contribution in [0.3, 0.4) is 0 Å². The number of nitrogens with one attached hydrogen (secondary N) is 1. The molecule has 3 rings (SSSR count). The smallest absolute Gasteiger partial charge is 0.307 e. The molecule has 1 saturated heterocycles. The van der Waals surface area contributed by atoms with Crippen LogP contribution in [0.4, 0.5) is 0 Å². The Labute approximate surface area is 118 Å². The van der Waals surface area contributed by atoms with Gasteiger partial charge in [0, 0.05) is 6.04 Å². The van der Waals surface area contributed by atoms with Crippen LogP contribution in [0.1, 0.15) is 18.9 Å². The van der Waals surface area contributed by atoms with E-state index in [2.05, 4.69) is 4.98 Å². The lowest BCUT2D eigenvalue weighted by Crippen LogP contribution is -2.39. The Morgan fingerprint density at radius 1 is 1.26 bits per heavy atom. The summed E-state index contributed by atoms with van der Waals surface area (Å²) in [6.45, 7) is 0. The molecule has 0 bridgehead atoms. The molecule has 19 heavy (non-hydrogen) atoms. The number of hydrogen-bond acceptors (Lipinski definition) is 3. The number of rotatable bonds is 1. The van der Waals surface area contributed by atoms with E-state index in [1.54, 1.807) is 18.2 Å². The van der Waals surface area contributed by atoms with Crippen molar-refractivity contribution in [3.8, 4) is 0 Å². The van der Waals surface area contributed by atoms with E-state index in [1.165, 1.54) is 4.57 Å². The fraction of sp³-hybridized carbons (Fsp3) is 0.385. The Balaban J connectivity index is 2.27. The predicted molar refractivity (Wildman–Crippen MR) is 79.4 cm³/mol. The number of halogens is 1. The number of hydrogen-bond donors (Lipinski definition) is 1. The van der Waals surface area contributed by atoms with Crippen molar-refractivity contribution in [1.29, 1.82) is 0 Å². The third kappa shape index (κ3) is 2.21. The van der Waals surface area contributed by atoms with Crippen LogP contribution in [0.15, 0.2) is 27.8 Å². The van der Waals surface area contributed by atoms with Crippen molar-refractivity contribution in [2.24, 2.45) is 0 Å². The maximum absolute atomic E-state index is 12.5. The topological polar surface area (TPSA) is 54.9 Å². The highest BCUT2D eigenvalue weighted by atomic mass is 35.5. The van der Waals surface area contributed by atoms with Gasteiger partial charge < -0.3 is 4.98 Å². The predicted octanol–water partition coefficient (Wildman–Crippen LogP) is 2.41. The van der Waals surface area contributed by atoms with Gasteiger partial charge in [0.1, 0.15) is 0 Å². The summed E-state index contributed by atoms with van der Waals surface area (Å²) in [5.74, 6) is 1.97. The molecule has 0 atom stereocenters. The van der Waals surface area contributed by atoms with Gasteiger partial charge in [-0.25, -0.2) is 4.79 Å². The Bertz CT molecular complexity index is 731. The molecule has 1 fully saturated rings. The molecule has 1 aromatic heterocycles. The maximum Gasteiger partial charge on any atom is 0.329 e. The lowest BCUT2D eigenvalue weighted by Gasteiger charge is -2.22. The first-order chi connectivity index (χ1) is 9.18. The number of thioether (sulfide) groups is 1. The highest BCUT2D eigenvalue weighted by Crippen LogP contribution is 2.25. The second kappa shape index (κ2) is 5.06. The van der Waals surface area contributed by atoms with E-state index < -0.39 is 0 Å². The third-order valence-corrected chi connectivity index (χ3v) is 4.83. The second-order valence-electron chi connectivity index (χ2n) is 4.61. The summed E-state index contributed by atoms with van der Waals surface area (Å²) in [5.41, 5.74) is -0.109. The highest BCUT2D eigenvalue weighted by Gasteiger charge is 2.20. The van der Waals surface area contributed by atoms with Gasteiger partial charge in [-0.15, -0.1) is 0 Å². The molecule has 2 heterocycles. The van der Waals surface area contributed by atoms with E-state index in [9.17, 15) is 9.59 Å². The molecule has 6 heteroatoms. The van der Waals surface area contributed by atoms with Crippen LogP contribution in [0.2, 0.25) is 5.02 Å². The van der Waals surface area contributed by atoms with E-state index in [0.29, 0.717) is 15.9 Å². The number of fused-ring (bicyclic) bond motifs is 1. The van der Waals surface area contributed by atoms with Crippen LogP contribution in [0.5, 0.6) is 0 Å². The fourth-order valence-corrected chi connectivity index (χ4v) is 3.85. The molecular weight excluding hydrogens is 284 g/mol. The minimum atomic E-state index is -0.336. The van der Waals surface area contributed by atoms with Gasteiger partial charge in [0.05, 0.1) is 15.9 Å². The van der Waals surface area contributed by atoms with Crippen molar-refractivity contribution in [3.63, 3.8) is 0 Å². The van der Waals surface area contributed by atoms with Crippen molar-refractivity contribution >= 4 is 34.3 Å². The van der Waals surface area contributed by atoms with Crippen LogP contribution in [0.25, 0.3) is 10.9 Å². The summed E-state index contributed by atoms with van der Waals surface area (Å²) in [5, 5.41) is 0.791. The van der Waals surface area contributed by atoms with Gasteiger partial charge in [0.2, 0.25) is 0 Å². The van der Waals surface area contributed by atoms with E-state index >= 15 is 0 Å². The average Bonchev–Trinajstić information content (AvgIpc) is 2.39. The lowest BCUT2D eigenvalue weighted by molar-refractivity contribution is 0.441. The normalized spacial score (nSPS) is 16.9. The average molecular weight is 297 g/mol. The molecule has 100 valence electrons. The minimum Gasteiger partial charge on any atom is -0.307 e. The van der Waals surface area contributed by atoms with Crippen LogP contribution in [-0.2, 0) is 0 Å². The zero-order valence-corrected chi connectivity index (χ0v) is 11.8. The molecule has 0 radical (unpaired) electrons. The van der Waals surface area contributed by atoms with E-state index in [0.717, 1.165) is 24.3 Å². The van der Waals surface area contributed by atoms with Crippen molar-refractivity contribution in [2.45, 2.75) is 18.9 Å². The van der Waals surface area contributed by atoms with Crippen molar-refractivity contribution in [1.82, 2.24) is 9.55 Å². The number of aromatic amines is 1. The molecule has 4 nitrogen and oxygen atoms in total. The van der Waals surface area contributed by atoms with Gasteiger partial charge in [0.25, 0.3) is 5.56 Å². The Kier molecular flexibility index (Phi) is 3.41. The summed E-state index contributed by atoms with van der Waals surface area (Å²) >= 11 is 7.94. The fourth-order valence-electron chi connectivity index (χ4n) is 2.51. The van der Waals surface area contributed by atoms with Crippen molar-refractivity contribution < 1.29 is 0 Å². The number of benzene rings is 1. The van der Waals surface area contributed by atoms with E-state index in [-0.39, 0.29) is 17.3 Å². The summed E-state index contributed by atoms with van der Waals surface area (Å²) in [6, 6.07) is 5.08. The standard InChI is InChI=1S/C13H13ClN2O2S/c14-9-2-1-3-10-11(9)12(17)16(13(18)15-10)8-4-6-19-7-5-8/h1-3,8H,4-7H2,(H,15,18). The quantitative estimate of drug-likeness (QED) is 0.879. The molecule has 0 unspecified atom stereocenters. The number of nitrogens with zero attached hydrogens (tertiary/aromatic N) is 1.